The van der Waals surface area contributed by atoms with E-state index < -0.39 is 0 Å². The second kappa shape index (κ2) is 3.51. The van der Waals surface area contributed by atoms with Gasteiger partial charge in [-0.1, -0.05) is 27.4 Å². The second-order valence-corrected chi connectivity index (χ2v) is 5.00. The fraction of sp³-hybridized carbons (Fsp3) is 0.818. The number of allylic oxidation sites excluding steroid dienone is 1. The molecule has 1 rings (SSSR count). The van der Waals surface area contributed by atoms with Crippen molar-refractivity contribution in [2.75, 3.05) is 13.1 Å². The number of rotatable bonds is 2. The minimum atomic E-state index is 0.389. The third-order valence-electron chi connectivity index (χ3n) is 2.29. The van der Waals surface area contributed by atoms with E-state index >= 15 is 0 Å². The quantitative estimate of drug-likeness (QED) is 0.611. The molecule has 1 saturated heterocycles. The van der Waals surface area contributed by atoms with Gasteiger partial charge in [0.15, 0.2) is 0 Å². The third kappa shape index (κ3) is 2.88. The van der Waals surface area contributed by atoms with Gasteiger partial charge in [0.25, 0.3) is 0 Å². The van der Waals surface area contributed by atoms with Crippen molar-refractivity contribution in [3.8, 4) is 0 Å². The SMILES string of the molecule is C=C(CC(C)(C)C)N1CCCC1. The summed E-state index contributed by atoms with van der Waals surface area (Å²) in [5, 5.41) is 0. The molecule has 0 aromatic carbocycles. The highest BCUT2D eigenvalue weighted by Gasteiger charge is 2.18. The maximum absolute atomic E-state index is 4.15. The molecule has 0 unspecified atom stereocenters. The summed E-state index contributed by atoms with van der Waals surface area (Å²) in [6.45, 7) is 13.4. The smallest absolute Gasteiger partial charge is 0.0175 e. The zero-order chi connectivity index (χ0) is 9.19. The first-order chi connectivity index (χ1) is 5.49. The molecular formula is C11H21N. The van der Waals surface area contributed by atoms with Crippen LogP contribution in [0.2, 0.25) is 0 Å². The first-order valence-corrected chi connectivity index (χ1v) is 4.92. The van der Waals surface area contributed by atoms with Crippen LogP contribution >= 0.6 is 0 Å². The van der Waals surface area contributed by atoms with Crippen LogP contribution in [-0.2, 0) is 0 Å². The summed E-state index contributed by atoms with van der Waals surface area (Å²) in [6.07, 6.45) is 3.83. The van der Waals surface area contributed by atoms with Gasteiger partial charge in [-0.2, -0.15) is 0 Å². The van der Waals surface area contributed by atoms with E-state index in [1.54, 1.807) is 0 Å². The molecule has 12 heavy (non-hydrogen) atoms. The van der Waals surface area contributed by atoms with Crippen LogP contribution in [0.25, 0.3) is 0 Å². The molecule has 1 heteroatoms. The zero-order valence-electron chi connectivity index (χ0n) is 8.69. The van der Waals surface area contributed by atoms with E-state index in [1.165, 1.54) is 31.6 Å². The van der Waals surface area contributed by atoms with Gasteiger partial charge in [-0.15, -0.1) is 0 Å². The van der Waals surface area contributed by atoms with Crippen molar-refractivity contribution in [1.29, 1.82) is 0 Å². The molecule has 0 amide bonds. The van der Waals surface area contributed by atoms with Gasteiger partial charge in [-0.25, -0.2) is 0 Å². The van der Waals surface area contributed by atoms with Gasteiger partial charge in [0.05, 0.1) is 0 Å². The van der Waals surface area contributed by atoms with Gasteiger partial charge >= 0.3 is 0 Å². The molecule has 1 heterocycles. The van der Waals surface area contributed by atoms with Gasteiger partial charge in [0.2, 0.25) is 0 Å². The second-order valence-electron chi connectivity index (χ2n) is 5.00. The number of hydrogen-bond donors (Lipinski definition) is 0. The van der Waals surface area contributed by atoms with Crippen LogP contribution in [0.1, 0.15) is 40.0 Å². The first kappa shape index (κ1) is 9.63. The minimum absolute atomic E-state index is 0.389. The predicted octanol–water partition coefficient (Wildman–Crippen LogP) is 3.03. The van der Waals surface area contributed by atoms with Crippen molar-refractivity contribution in [3.63, 3.8) is 0 Å². The summed E-state index contributed by atoms with van der Waals surface area (Å²) in [4.78, 5) is 2.44. The molecule has 1 fully saturated rings. The summed E-state index contributed by atoms with van der Waals surface area (Å²) in [6, 6.07) is 0. The molecule has 0 saturated carbocycles. The average molecular weight is 167 g/mol. The monoisotopic (exact) mass is 167 g/mol. The molecule has 70 valence electrons. The fourth-order valence-corrected chi connectivity index (χ4v) is 1.76. The Labute approximate surface area is 76.5 Å². The van der Waals surface area contributed by atoms with Crippen molar-refractivity contribution in [1.82, 2.24) is 4.90 Å². The van der Waals surface area contributed by atoms with Crippen LogP contribution in [0.4, 0.5) is 0 Å². The number of likely N-dealkylation sites (tertiary alicyclic amines) is 1. The third-order valence-corrected chi connectivity index (χ3v) is 2.29. The largest absolute Gasteiger partial charge is 0.375 e. The van der Waals surface area contributed by atoms with Gasteiger partial charge in [-0.05, 0) is 24.7 Å². The summed E-state index contributed by atoms with van der Waals surface area (Å²) < 4.78 is 0. The van der Waals surface area contributed by atoms with Crippen LogP contribution in [0.5, 0.6) is 0 Å². The highest BCUT2D eigenvalue weighted by Crippen LogP contribution is 2.26. The molecule has 0 N–H and O–H groups in total. The predicted molar refractivity (Wildman–Crippen MR) is 54.0 cm³/mol. The molecule has 0 radical (unpaired) electrons. The summed E-state index contributed by atoms with van der Waals surface area (Å²) in [5.41, 5.74) is 1.72. The molecule has 0 aromatic heterocycles. The zero-order valence-corrected chi connectivity index (χ0v) is 8.69. The lowest BCUT2D eigenvalue weighted by Crippen LogP contribution is -2.21. The Balaban J connectivity index is 2.37. The van der Waals surface area contributed by atoms with Crippen molar-refractivity contribution < 1.29 is 0 Å². The Morgan fingerprint density at radius 3 is 2.17 bits per heavy atom. The molecular weight excluding hydrogens is 146 g/mol. The lowest BCUT2D eigenvalue weighted by Gasteiger charge is -2.26. The van der Waals surface area contributed by atoms with Crippen molar-refractivity contribution in [2.24, 2.45) is 5.41 Å². The van der Waals surface area contributed by atoms with Crippen molar-refractivity contribution in [3.05, 3.63) is 12.3 Å². The Hall–Kier alpha value is -0.460. The van der Waals surface area contributed by atoms with E-state index in [2.05, 4.69) is 32.3 Å². The lowest BCUT2D eigenvalue weighted by molar-refractivity contribution is 0.329. The highest BCUT2D eigenvalue weighted by atomic mass is 15.1. The van der Waals surface area contributed by atoms with E-state index in [0.29, 0.717) is 5.41 Å². The van der Waals surface area contributed by atoms with E-state index in [-0.39, 0.29) is 0 Å². The van der Waals surface area contributed by atoms with Gasteiger partial charge in [-0.3, -0.25) is 0 Å². The number of nitrogens with zero attached hydrogens (tertiary/aromatic N) is 1. The molecule has 1 aliphatic heterocycles. The normalized spacial score (nSPS) is 18.4. The highest BCUT2D eigenvalue weighted by molar-refractivity contribution is 4.98. The molecule has 1 nitrogen and oxygen atoms in total. The van der Waals surface area contributed by atoms with Crippen LogP contribution in [0.3, 0.4) is 0 Å². The molecule has 0 aliphatic carbocycles. The summed E-state index contributed by atoms with van der Waals surface area (Å²) in [7, 11) is 0. The molecule has 0 bridgehead atoms. The van der Waals surface area contributed by atoms with Gasteiger partial charge < -0.3 is 4.90 Å². The standard InChI is InChI=1S/C11H21N/c1-10(9-11(2,3)4)12-7-5-6-8-12/h1,5-9H2,2-4H3. The summed E-state index contributed by atoms with van der Waals surface area (Å²) >= 11 is 0. The van der Waals surface area contributed by atoms with E-state index in [0.717, 1.165) is 6.42 Å². The maximum atomic E-state index is 4.15. The van der Waals surface area contributed by atoms with Crippen molar-refractivity contribution >= 4 is 0 Å². The Morgan fingerprint density at radius 2 is 1.75 bits per heavy atom. The Kier molecular flexibility index (Phi) is 2.81. The first-order valence-electron chi connectivity index (χ1n) is 4.92. The molecule has 1 aliphatic rings. The molecule has 0 aromatic rings. The number of hydrogen-bond acceptors (Lipinski definition) is 1. The average Bonchev–Trinajstić information content (AvgIpc) is 2.32. The van der Waals surface area contributed by atoms with E-state index in [9.17, 15) is 0 Å². The van der Waals surface area contributed by atoms with E-state index in [4.69, 9.17) is 0 Å². The Morgan fingerprint density at radius 1 is 1.25 bits per heavy atom. The maximum Gasteiger partial charge on any atom is 0.0175 e. The Bertz CT molecular complexity index is 158. The van der Waals surface area contributed by atoms with Gasteiger partial charge in [0.1, 0.15) is 0 Å². The minimum Gasteiger partial charge on any atom is -0.375 e. The van der Waals surface area contributed by atoms with Crippen LogP contribution in [-0.4, -0.2) is 18.0 Å². The van der Waals surface area contributed by atoms with Gasteiger partial charge in [0, 0.05) is 18.8 Å². The molecule has 0 atom stereocenters. The van der Waals surface area contributed by atoms with Crippen LogP contribution < -0.4 is 0 Å². The lowest BCUT2D eigenvalue weighted by atomic mass is 9.90. The summed E-state index contributed by atoms with van der Waals surface area (Å²) in [5.74, 6) is 0. The van der Waals surface area contributed by atoms with Crippen molar-refractivity contribution in [2.45, 2.75) is 40.0 Å². The topological polar surface area (TPSA) is 3.24 Å². The molecule has 0 spiro atoms. The van der Waals surface area contributed by atoms with Crippen LogP contribution in [0.15, 0.2) is 12.3 Å². The fourth-order valence-electron chi connectivity index (χ4n) is 1.76. The van der Waals surface area contributed by atoms with Crippen LogP contribution in [0, 0.1) is 5.41 Å². The van der Waals surface area contributed by atoms with E-state index in [1.807, 2.05) is 0 Å².